The van der Waals surface area contributed by atoms with E-state index in [-0.39, 0.29) is 0 Å². The predicted octanol–water partition coefficient (Wildman–Crippen LogP) is 6.04. The van der Waals surface area contributed by atoms with Gasteiger partial charge in [-0.15, -0.1) is 12.6 Å². The molecule has 0 aromatic heterocycles. The van der Waals surface area contributed by atoms with Crippen molar-refractivity contribution in [2.45, 2.75) is 51.9 Å². The minimum Gasteiger partial charge on any atom is -0.142 e. The molecule has 0 bridgehead atoms. The summed E-state index contributed by atoms with van der Waals surface area (Å²) in [5, 5.41) is 0. The summed E-state index contributed by atoms with van der Waals surface area (Å²) in [6.45, 7) is 8.95. The molecule has 0 radical (unpaired) electrons. The van der Waals surface area contributed by atoms with E-state index in [9.17, 15) is 0 Å². The molecular weight excluding hydrogens is 375 g/mol. The van der Waals surface area contributed by atoms with Crippen LogP contribution in [-0.2, 0) is 6.42 Å². The Morgan fingerprint density at radius 2 is 1.80 bits per heavy atom. The van der Waals surface area contributed by atoms with Crippen molar-refractivity contribution in [2.75, 3.05) is 0 Å². The number of hydrogen-bond donors (Lipinski definition) is 1. The van der Waals surface area contributed by atoms with E-state index in [1.807, 2.05) is 0 Å². The molecule has 1 aromatic carbocycles. The topological polar surface area (TPSA) is 0 Å². The zero-order chi connectivity index (χ0) is 14.9. The van der Waals surface area contributed by atoms with Crippen molar-refractivity contribution in [3.63, 3.8) is 0 Å². The SMILES string of the molecule is Cc1cc(C)c(CC2=CCCC=C2C(C)C)c(I)c1S. The Labute approximate surface area is 142 Å². The molecule has 1 aliphatic carbocycles. The molecule has 0 atom stereocenters. The number of thiol groups is 1. The van der Waals surface area contributed by atoms with E-state index in [0.29, 0.717) is 5.92 Å². The highest BCUT2D eigenvalue weighted by Gasteiger charge is 2.17. The lowest BCUT2D eigenvalue weighted by Gasteiger charge is -2.22. The highest BCUT2D eigenvalue weighted by molar-refractivity contribution is 14.1. The van der Waals surface area contributed by atoms with Gasteiger partial charge in [0.25, 0.3) is 0 Å². The van der Waals surface area contributed by atoms with Gasteiger partial charge in [0.1, 0.15) is 0 Å². The molecule has 2 heteroatoms. The Hall–Kier alpha value is -0.220. The van der Waals surface area contributed by atoms with Gasteiger partial charge in [0.15, 0.2) is 0 Å². The van der Waals surface area contributed by atoms with Crippen molar-refractivity contribution in [2.24, 2.45) is 5.92 Å². The average molecular weight is 398 g/mol. The van der Waals surface area contributed by atoms with Gasteiger partial charge in [-0.2, -0.15) is 0 Å². The van der Waals surface area contributed by atoms with Gasteiger partial charge in [-0.05, 0) is 89.5 Å². The Bertz CT molecular complexity index is 580. The van der Waals surface area contributed by atoms with Crippen LogP contribution in [0.15, 0.2) is 34.3 Å². The Morgan fingerprint density at radius 3 is 2.45 bits per heavy atom. The molecule has 20 heavy (non-hydrogen) atoms. The predicted molar refractivity (Wildman–Crippen MR) is 99.8 cm³/mol. The van der Waals surface area contributed by atoms with Crippen LogP contribution in [0, 0.1) is 23.3 Å². The lowest BCUT2D eigenvalue weighted by atomic mass is 9.85. The first kappa shape index (κ1) is 16.2. The molecule has 0 amide bonds. The second-order valence-corrected chi connectivity index (χ2v) is 7.48. The smallest absolute Gasteiger partial charge is 0.0304 e. The standard InChI is InChI=1S/C18H23IS/c1-11(2)15-8-6-5-7-14(15)10-16-12(3)9-13(4)18(20)17(16)19/h7-9,11,20H,5-6,10H2,1-4H3. The third-order valence-electron chi connectivity index (χ3n) is 4.04. The maximum Gasteiger partial charge on any atom is 0.0304 e. The largest absolute Gasteiger partial charge is 0.142 e. The summed E-state index contributed by atoms with van der Waals surface area (Å²) >= 11 is 7.12. The van der Waals surface area contributed by atoms with Crippen LogP contribution in [0.1, 0.15) is 43.4 Å². The first-order chi connectivity index (χ1) is 9.41. The molecule has 2 rings (SSSR count). The van der Waals surface area contributed by atoms with Crippen molar-refractivity contribution in [3.05, 3.63) is 49.6 Å². The van der Waals surface area contributed by atoms with Crippen molar-refractivity contribution >= 4 is 35.2 Å². The molecule has 0 aliphatic heterocycles. The van der Waals surface area contributed by atoms with Gasteiger partial charge in [-0.1, -0.05) is 32.1 Å². The number of benzene rings is 1. The minimum absolute atomic E-state index is 0.612. The summed E-state index contributed by atoms with van der Waals surface area (Å²) in [5.74, 6) is 0.612. The first-order valence-corrected chi connectivity index (χ1v) is 8.81. The van der Waals surface area contributed by atoms with E-state index >= 15 is 0 Å². The van der Waals surface area contributed by atoms with Crippen LogP contribution in [0.25, 0.3) is 0 Å². The maximum atomic E-state index is 4.67. The van der Waals surface area contributed by atoms with Gasteiger partial charge < -0.3 is 0 Å². The Kier molecular flexibility index (Phi) is 5.41. The molecule has 1 aromatic rings. The Morgan fingerprint density at radius 1 is 1.15 bits per heavy atom. The molecule has 0 unspecified atom stereocenters. The van der Waals surface area contributed by atoms with E-state index in [0.717, 1.165) is 11.3 Å². The highest BCUT2D eigenvalue weighted by atomic mass is 127. The van der Waals surface area contributed by atoms with Crippen LogP contribution in [0.3, 0.4) is 0 Å². The van der Waals surface area contributed by atoms with Crippen molar-refractivity contribution < 1.29 is 0 Å². The minimum atomic E-state index is 0.612. The monoisotopic (exact) mass is 398 g/mol. The number of rotatable bonds is 3. The van der Waals surface area contributed by atoms with Crippen LogP contribution in [0.5, 0.6) is 0 Å². The van der Waals surface area contributed by atoms with Gasteiger partial charge in [0, 0.05) is 8.47 Å². The van der Waals surface area contributed by atoms with E-state index in [4.69, 9.17) is 0 Å². The summed E-state index contributed by atoms with van der Waals surface area (Å²) in [5.41, 5.74) is 7.16. The summed E-state index contributed by atoms with van der Waals surface area (Å²) in [4.78, 5) is 1.14. The first-order valence-electron chi connectivity index (χ1n) is 7.28. The summed E-state index contributed by atoms with van der Waals surface area (Å²) in [7, 11) is 0. The molecule has 0 fully saturated rings. The van der Waals surface area contributed by atoms with Gasteiger partial charge in [0.05, 0.1) is 0 Å². The lowest BCUT2D eigenvalue weighted by molar-refractivity contribution is 0.746. The van der Waals surface area contributed by atoms with Crippen molar-refractivity contribution in [1.29, 1.82) is 0 Å². The van der Waals surface area contributed by atoms with Crippen LogP contribution in [0.4, 0.5) is 0 Å². The van der Waals surface area contributed by atoms with E-state index in [1.165, 1.54) is 44.2 Å². The van der Waals surface area contributed by atoms with Gasteiger partial charge in [0.2, 0.25) is 0 Å². The number of halogens is 1. The summed E-state index contributed by atoms with van der Waals surface area (Å²) in [6.07, 6.45) is 8.28. The maximum absolute atomic E-state index is 4.67. The second-order valence-electron chi connectivity index (χ2n) is 5.95. The van der Waals surface area contributed by atoms with Gasteiger partial charge in [-0.3, -0.25) is 0 Å². The fourth-order valence-corrected chi connectivity index (χ4v) is 4.14. The normalized spacial score (nSPS) is 15.3. The Balaban J connectivity index is 2.38. The van der Waals surface area contributed by atoms with Gasteiger partial charge in [-0.25, -0.2) is 0 Å². The molecule has 0 saturated carbocycles. The van der Waals surface area contributed by atoms with E-state index < -0.39 is 0 Å². The fraction of sp³-hybridized carbons (Fsp3) is 0.444. The average Bonchev–Trinajstić information content (AvgIpc) is 2.41. The molecular formula is C18H23IS. The molecule has 108 valence electrons. The zero-order valence-corrected chi connectivity index (χ0v) is 15.8. The third kappa shape index (κ3) is 3.33. The van der Waals surface area contributed by atoms with E-state index in [1.54, 1.807) is 0 Å². The zero-order valence-electron chi connectivity index (χ0n) is 12.8. The van der Waals surface area contributed by atoms with Crippen molar-refractivity contribution in [1.82, 2.24) is 0 Å². The van der Waals surface area contributed by atoms with Gasteiger partial charge >= 0.3 is 0 Å². The highest BCUT2D eigenvalue weighted by Crippen LogP contribution is 2.33. The number of hydrogen-bond acceptors (Lipinski definition) is 1. The van der Waals surface area contributed by atoms with Crippen LogP contribution >= 0.6 is 35.2 Å². The molecule has 0 heterocycles. The van der Waals surface area contributed by atoms with Crippen LogP contribution in [-0.4, -0.2) is 0 Å². The van der Waals surface area contributed by atoms with Crippen LogP contribution < -0.4 is 0 Å². The number of allylic oxidation sites excluding steroid dienone is 4. The quantitative estimate of drug-likeness (QED) is 0.466. The lowest BCUT2D eigenvalue weighted by Crippen LogP contribution is -2.07. The van der Waals surface area contributed by atoms with Crippen LogP contribution in [0.2, 0.25) is 0 Å². The molecule has 0 nitrogen and oxygen atoms in total. The fourth-order valence-electron chi connectivity index (χ4n) is 2.90. The second kappa shape index (κ2) is 6.69. The molecule has 0 saturated heterocycles. The third-order valence-corrected chi connectivity index (χ3v) is 6.23. The summed E-state index contributed by atoms with van der Waals surface area (Å²) < 4.78 is 1.32. The molecule has 0 spiro atoms. The molecule has 0 N–H and O–H groups in total. The summed E-state index contributed by atoms with van der Waals surface area (Å²) in [6, 6.07) is 2.27. The van der Waals surface area contributed by atoms with Crippen molar-refractivity contribution in [3.8, 4) is 0 Å². The molecule has 1 aliphatic rings. The van der Waals surface area contributed by atoms with E-state index in [2.05, 4.69) is 81.1 Å². The number of aryl methyl sites for hydroxylation is 2.